The Labute approximate surface area is 123 Å². The Bertz CT molecular complexity index is 656. The van der Waals surface area contributed by atoms with Gasteiger partial charge in [0, 0.05) is 17.7 Å². The Balaban J connectivity index is 2.38. The predicted molar refractivity (Wildman–Crippen MR) is 81.6 cm³/mol. The van der Waals surface area contributed by atoms with Crippen LogP contribution in [0.1, 0.15) is 30.5 Å². The van der Waals surface area contributed by atoms with Gasteiger partial charge in [-0.3, -0.25) is 10.1 Å². The second kappa shape index (κ2) is 6.37. The summed E-state index contributed by atoms with van der Waals surface area (Å²) in [6.45, 7) is 3.85. The Kier molecular flexibility index (Phi) is 4.55. The summed E-state index contributed by atoms with van der Waals surface area (Å²) >= 11 is 0. The van der Waals surface area contributed by atoms with E-state index < -0.39 is 4.92 Å². The number of nitrogens with two attached hydrogens (primary N) is 1. The van der Waals surface area contributed by atoms with Crippen molar-refractivity contribution in [1.29, 1.82) is 0 Å². The molecule has 1 atom stereocenters. The molecule has 2 aromatic rings. The number of hydrogen-bond acceptors (Lipinski definition) is 4. The molecule has 5 nitrogen and oxygen atoms in total. The smallest absolute Gasteiger partial charge is 0.273 e. The first-order chi connectivity index (χ1) is 10.0. The largest absolute Gasteiger partial charge is 0.456 e. The third kappa shape index (κ3) is 3.38. The summed E-state index contributed by atoms with van der Waals surface area (Å²) in [4.78, 5) is 10.4. The summed E-state index contributed by atoms with van der Waals surface area (Å²) in [6, 6.07) is 11.9. The normalized spacial score (nSPS) is 12.0. The van der Waals surface area contributed by atoms with Crippen LogP contribution in [0.25, 0.3) is 0 Å². The quantitative estimate of drug-likeness (QED) is 0.662. The zero-order valence-electron chi connectivity index (χ0n) is 12.1. The average Bonchev–Trinajstić information content (AvgIpc) is 2.49. The number of nitrogens with zero attached hydrogens (tertiary/aromatic N) is 1. The molecule has 2 aromatic carbocycles. The number of nitro benzene ring substituents is 1. The van der Waals surface area contributed by atoms with Gasteiger partial charge in [-0.2, -0.15) is 0 Å². The van der Waals surface area contributed by atoms with Crippen molar-refractivity contribution in [3.63, 3.8) is 0 Å². The van der Waals surface area contributed by atoms with E-state index in [1.165, 1.54) is 12.1 Å². The minimum absolute atomic E-state index is 0.00729. The fraction of sp³-hybridized carbons (Fsp3) is 0.250. The van der Waals surface area contributed by atoms with Gasteiger partial charge in [0.2, 0.25) is 0 Å². The molecule has 2 N–H and O–H groups in total. The molecule has 0 aliphatic heterocycles. The van der Waals surface area contributed by atoms with Gasteiger partial charge in [0.15, 0.2) is 0 Å². The van der Waals surface area contributed by atoms with Crippen LogP contribution in [0, 0.1) is 17.0 Å². The number of non-ortho nitro benzene ring substituents is 1. The van der Waals surface area contributed by atoms with Crippen molar-refractivity contribution in [2.75, 3.05) is 0 Å². The van der Waals surface area contributed by atoms with E-state index in [2.05, 4.69) is 0 Å². The lowest BCUT2D eigenvalue weighted by Crippen LogP contribution is -2.09. The van der Waals surface area contributed by atoms with Crippen LogP contribution in [0.2, 0.25) is 0 Å². The van der Waals surface area contributed by atoms with E-state index in [1.807, 2.05) is 38.1 Å². The molecule has 0 spiro atoms. The molecule has 0 bridgehead atoms. The molecule has 0 saturated heterocycles. The summed E-state index contributed by atoms with van der Waals surface area (Å²) in [6.07, 6.45) is 0.786. The molecule has 0 amide bonds. The number of hydrogen-bond donors (Lipinski definition) is 1. The Hall–Kier alpha value is -2.40. The first kappa shape index (κ1) is 15.0. The highest BCUT2D eigenvalue weighted by Gasteiger charge is 2.14. The molecule has 5 heteroatoms. The number of rotatable bonds is 5. The molecule has 0 aliphatic rings. The molecule has 2 rings (SSSR count). The standard InChI is InChI=1S/C16H18N2O3/c1-3-14(17)13-6-4-5-7-15(13)21-16-10-12(18(19)20)9-8-11(16)2/h4-10,14H,3,17H2,1-2H3. The Morgan fingerprint density at radius 3 is 2.62 bits per heavy atom. The third-order valence-electron chi connectivity index (χ3n) is 3.36. The van der Waals surface area contributed by atoms with Crippen LogP contribution in [0.3, 0.4) is 0 Å². The SMILES string of the molecule is CCC(N)c1ccccc1Oc1cc([N+](=O)[O-])ccc1C. The van der Waals surface area contributed by atoms with E-state index in [0.717, 1.165) is 17.5 Å². The number of benzene rings is 2. The van der Waals surface area contributed by atoms with Crippen molar-refractivity contribution in [2.24, 2.45) is 5.73 Å². The van der Waals surface area contributed by atoms with E-state index in [9.17, 15) is 10.1 Å². The fourth-order valence-electron chi connectivity index (χ4n) is 2.03. The summed E-state index contributed by atoms with van der Waals surface area (Å²) in [5.74, 6) is 1.11. The maximum atomic E-state index is 10.9. The molecule has 0 aliphatic carbocycles. The highest BCUT2D eigenvalue weighted by atomic mass is 16.6. The zero-order chi connectivity index (χ0) is 15.4. The van der Waals surface area contributed by atoms with Gasteiger partial charge in [-0.05, 0) is 31.0 Å². The van der Waals surface area contributed by atoms with E-state index in [0.29, 0.717) is 11.5 Å². The van der Waals surface area contributed by atoms with Crippen molar-refractivity contribution in [3.8, 4) is 11.5 Å². The van der Waals surface area contributed by atoms with E-state index in [1.54, 1.807) is 6.07 Å². The number of ether oxygens (including phenoxy) is 1. The van der Waals surface area contributed by atoms with Gasteiger partial charge < -0.3 is 10.5 Å². The number of aryl methyl sites for hydroxylation is 1. The van der Waals surface area contributed by atoms with Crippen molar-refractivity contribution in [1.82, 2.24) is 0 Å². The molecule has 0 heterocycles. The molecule has 110 valence electrons. The van der Waals surface area contributed by atoms with Crippen LogP contribution in [0.15, 0.2) is 42.5 Å². The highest BCUT2D eigenvalue weighted by molar-refractivity contribution is 5.47. The van der Waals surface area contributed by atoms with Crippen LogP contribution in [0.4, 0.5) is 5.69 Å². The second-order valence-electron chi connectivity index (χ2n) is 4.86. The van der Waals surface area contributed by atoms with Crippen LogP contribution in [-0.2, 0) is 0 Å². The topological polar surface area (TPSA) is 78.4 Å². The monoisotopic (exact) mass is 286 g/mol. The number of para-hydroxylation sites is 1. The molecule has 21 heavy (non-hydrogen) atoms. The summed E-state index contributed by atoms with van der Waals surface area (Å²) in [7, 11) is 0. The number of nitro groups is 1. The van der Waals surface area contributed by atoms with E-state index in [-0.39, 0.29) is 11.7 Å². The molecule has 1 unspecified atom stereocenters. The van der Waals surface area contributed by atoms with Crippen LogP contribution in [-0.4, -0.2) is 4.92 Å². The third-order valence-corrected chi connectivity index (χ3v) is 3.36. The van der Waals surface area contributed by atoms with Gasteiger partial charge in [-0.25, -0.2) is 0 Å². The summed E-state index contributed by atoms with van der Waals surface area (Å²) in [5.41, 5.74) is 7.81. The minimum atomic E-state index is -0.435. The van der Waals surface area contributed by atoms with Crippen LogP contribution in [0.5, 0.6) is 11.5 Å². The second-order valence-corrected chi connectivity index (χ2v) is 4.86. The first-order valence-electron chi connectivity index (χ1n) is 6.80. The minimum Gasteiger partial charge on any atom is -0.456 e. The van der Waals surface area contributed by atoms with Crippen molar-refractivity contribution in [2.45, 2.75) is 26.3 Å². The molecular weight excluding hydrogens is 268 g/mol. The lowest BCUT2D eigenvalue weighted by molar-refractivity contribution is -0.384. The molecular formula is C16H18N2O3. The van der Waals surface area contributed by atoms with Gasteiger partial charge in [0.05, 0.1) is 11.0 Å². The average molecular weight is 286 g/mol. The van der Waals surface area contributed by atoms with E-state index in [4.69, 9.17) is 10.5 Å². The van der Waals surface area contributed by atoms with E-state index >= 15 is 0 Å². The predicted octanol–water partition coefficient (Wildman–Crippen LogP) is 4.11. The molecule has 0 fully saturated rings. The van der Waals surface area contributed by atoms with Gasteiger partial charge >= 0.3 is 0 Å². The molecule has 0 aromatic heterocycles. The van der Waals surface area contributed by atoms with Gasteiger partial charge in [-0.15, -0.1) is 0 Å². The maximum Gasteiger partial charge on any atom is 0.273 e. The molecule has 0 saturated carbocycles. The zero-order valence-corrected chi connectivity index (χ0v) is 12.1. The molecule has 0 radical (unpaired) electrons. The summed E-state index contributed by atoms with van der Waals surface area (Å²) in [5, 5.41) is 10.9. The van der Waals surface area contributed by atoms with Gasteiger partial charge in [0.25, 0.3) is 5.69 Å². The van der Waals surface area contributed by atoms with Gasteiger partial charge in [0.1, 0.15) is 11.5 Å². The van der Waals surface area contributed by atoms with Crippen molar-refractivity contribution >= 4 is 5.69 Å². The lowest BCUT2D eigenvalue weighted by Gasteiger charge is -2.16. The summed E-state index contributed by atoms with van der Waals surface area (Å²) < 4.78 is 5.87. The Morgan fingerprint density at radius 1 is 1.24 bits per heavy atom. The fourth-order valence-corrected chi connectivity index (χ4v) is 2.03. The van der Waals surface area contributed by atoms with Gasteiger partial charge in [-0.1, -0.05) is 25.1 Å². The van der Waals surface area contributed by atoms with Crippen LogP contribution < -0.4 is 10.5 Å². The maximum absolute atomic E-state index is 10.9. The first-order valence-corrected chi connectivity index (χ1v) is 6.80. The van der Waals surface area contributed by atoms with Crippen LogP contribution >= 0.6 is 0 Å². The highest BCUT2D eigenvalue weighted by Crippen LogP contribution is 2.33. The lowest BCUT2D eigenvalue weighted by atomic mass is 10.0. The Morgan fingerprint density at radius 2 is 1.95 bits per heavy atom. The van der Waals surface area contributed by atoms with Crippen molar-refractivity contribution in [3.05, 3.63) is 63.7 Å². The van der Waals surface area contributed by atoms with Crippen molar-refractivity contribution < 1.29 is 9.66 Å².